The minimum atomic E-state index is -0.113. The van der Waals surface area contributed by atoms with E-state index in [9.17, 15) is 9.59 Å². The number of rotatable bonds is 3. The molecule has 0 saturated heterocycles. The molecule has 3 atom stereocenters. The number of anilines is 1. The van der Waals surface area contributed by atoms with Crippen LogP contribution in [0.1, 0.15) is 43.5 Å². The van der Waals surface area contributed by atoms with Gasteiger partial charge in [0, 0.05) is 51.0 Å². The van der Waals surface area contributed by atoms with E-state index < -0.39 is 0 Å². The molecule has 2 amide bonds. The fraction of sp³-hybridized carbons (Fsp3) is 0.652. The Morgan fingerprint density at radius 2 is 1.93 bits per heavy atom. The first-order valence-electron chi connectivity index (χ1n) is 10.9. The van der Waals surface area contributed by atoms with Gasteiger partial charge < -0.3 is 19.7 Å². The van der Waals surface area contributed by atoms with Crippen LogP contribution >= 0.6 is 0 Å². The number of amides is 2. The zero-order valence-corrected chi connectivity index (χ0v) is 18.8. The number of hydrogen-bond donors (Lipinski definition) is 1. The fourth-order valence-electron chi connectivity index (χ4n) is 3.95. The molecular weight excluding hydrogens is 382 g/mol. The summed E-state index contributed by atoms with van der Waals surface area (Å²) < 4.78 is 11.8. The van der Waals surface area contributed by atoms with Gasteiger partial charge in [-0.25, -0.2) is 0 Å². The standard InChI is InChI=1S/C23H35N3O4/c1-15-12-25(3)16(2)14-30-20-11-18(24-22(27)17-7-6-8-17)9-10-19(20)23(28)26(4)13-21(15)29-5/h9-11,15-17,21H,6-8,12-14H2,1-5H3,(H,24,27)/t15-,16-,21-/m0/s1. The molecule has 166 valence electrons. The smallest absolute Gasteiger partial charge is 0.257 e. The molecule has 0 spiro atoms. The van der Waals surface area contributed by atoms with Crippen LogP contribution in [-0.4, -0.2) is 74.7 Å². The molecule has 1 fully saturated rings. The number of benzene rings is 1. The first-order valence-corrected chi connectivity index (χ1v) is 10.9. The van der Waals surface area contributed by atoms with Crippen molar-refractivity contribution in [1.82, 2.24) is 9.80 Å². The molecule has 1 heterocycles. The molecule has 1 saturated carbocycles. The van der Waals surface area contributed by atoms with Gasteiger partial charge in [-0.15, -0.1) is 0 Å². The Kier molecular flexibility index (Phi) is 7.36. The third kappa shape index (κ3) is 5.13. The van der Waals surface area contributed by atoms with Gasteiger partial charge in [0.1, 0.15) is 12.4 Å². The van der Waals surface area contributed by atoms with Crippen molar-refractivity contribution in [3.63, 3.8) is 0 Å². The van der Waals surface area contributed by atoms with Crippen molar-refractivity contribution in [3.05, 3.63) is 23.8 Å². The minimum absolute atomic E-state index is 0.0443. The molecule has 0 aromatic heterocycles. The Hall–Kier alpha value is -2.12. The molecule has 0 bridgehead atoms. The molecule has 0 unspecified atom stereocenters. The van der Waals surface area contributed by atoms with Crippen LogP contribution in [0.25, 0.3) is 0 Å². The van der Waals surface area contributed by atoms with Crippen molar-refractivity contribution in [2.45, 2.75) is 45.3 Å². The molecule has 3 rings (SSSR count). The Bertz CT molecular complexity index is 765. The number of ether oxygens (including phenoxy) is 2. The van der Waals surface area contributed by atoms with Gasteiger partial charge >= 0.3 is 0 Å². The lowest BCUT2D eigenvalue weighted by molar-refractivity contribution is -0.122. The van der Waals surface area contributed by atoms with Gasteiger partial charge in [0.2, 0.25) is 5.91 Å². The second kappa shape index (κ2) is 9.79. The maximum absolute atomic E-state index is 13.2. The summed E-state index contributed by atoms with van der Waals surface area (Å²) in [6.07, 6.45) is 2.94. The third-order valence-electron chi connectivity index (χ3n) is 6.50. The first-order chi connectivity index (χ1) is 14.3. The number of carbonyl (C=O) groups excluding carboxylic acids is 2. The van der Waals surface area contributed by atoms with Gasteiger partial charge in [0.25, 0.3) is 5.91 Å². The van der Waals surface area contributed by atoms with Crippen molar-refractivity contribution in [2.75, 3.05) is 46.2 Å². The minimum Gasteiger partial charge on any atom is -0.491 e. The molecule has 0 radical (unpaired) electrons. The summed E-state index contributed by atoms with van der Waals surface area (Å²) in [5, 5.41) is 2.97. The Labute approximate surface area is 179 Å². The average Bonchev–Trinajstić information content (AvgIpc) is 2.67. The molecule has 1 aromatic rings. The molecule has 2 aliphatic rings. The zero-order chi connectivity index (χ0) is 21.8. The van der Waals surface area contributed by atoms with Crippen molar-refractivity contribution in [2.24, 2.45) is 11.8 Å². The Balaban J connectivity index is 1.87. The summed E-state index contributed by atoms with van der Waals surface area (Å²) in [7, 11) is 5.56. The molecule has 30 heavy (non-hydrogen) atoms. The summed E-state index contributed by atoms with van der Waals surface area (Å²) in [6.45, 7) is 6.04. The van der Waals surface area contributed by atoms with E-state index in [1.165, 1.54) is 0 Å². The molecule has 1 N–H and O–H groups in total. The van der Waals surface area contributed by atoms with E-state index in [0.29, 0.717) is 30.2 Å². The van der Waals surface area contributed by atoms with Crippen molar-refractivity contribution in [3.8, 4) is 5.75 Å². The van der Waals surface area contributed by atoms with E-state index in [1.54, 1.807) is 37.3 Å². The predicted molar refractivity (Wildman–Crippen MR) is 117 cm³/mol. The highest BCUT2D eigenvalue weighted by Crippen LogP contribution is 2.30. The average molecular weight is 418 g/mol. The second-order valence-corrected chi connectivity index (χ2v) is 8.86. The van der Waals surface area contributed by atoms with Crippen LogP contribution in [0, 0.1) is 11.8 Å². The summed E-state index contributed by atoms with van der Waals surface area (Å²) in [4.78, 5) is 29.4. The molecule has 1 aromatic carbocycles. The number of nitrogens with zero attached hydrogens (tertiary/aromatic N) is 2. The SMILES string of the molecule is CO[C@H]1CN(C)C(=O)c2ccc(NC(=O)C3CCC3)cc2OC[C@H](C)N(C)C[C@@H]1C. The number of carbonyl (C=O) groups is 2. The first kappa shape index (κ1) is 22.6. The topological polar surface area (TPSA) is 71.1 Å². The van der Waals surface area contributed by atoms with Crippen molar-refractivity contribution < 1.29 is 19.1 Å². The third-order valence-corrected chi connectivity index (χ3v) is 6.50. The number of methoxy groups -OCH3 is 1. The van der Waals surface area contributed by atoms with Crippen LogP contribution in [0.3, 0.4) is 0 Å². The lowest BCUT2D eigenvalue weighted by Crippen LogP contribution is -2.45. The van der Waals surface area contributed by atoms with Crippen LogP contribution in [0.4, 0.5) is 5.69 Å². The number of fused-ring (bicyclic) bond motifs is 1. The summed E-state index contributed by atoms with van der Waals surface area (Å²) in [6, 6.07) is 5.46. The zero-order valence-electron chi connectivity index (χ0n) is 18.8. The molecule has 1 aliphatic carbocycles. The molecule has 1 aliphatic heterocycles. The van der Waals surface area contributed by atoms with Crippen LogP contribution in [-0.2, 0) is 9.53 Å². The lowest BCUT2D eigenvalue weighted by Gasteiger charge is -2.34. The molecule has 7 heteroatoms. The van der Waals surface area contributed by atoms with Crippen LogP contribution in [0.2, 0.25) is 0 Å². The van der Waals surface area contributed by atoms with Gasteiger partial charge in [-0.1, -0.05) is 13.3 Å². The maximum atomic E-state index is 13.2. The summed E-state index contributed by atoms with van der Waals surface area (Å²) >= 11 is 0. The Morgan fingerprint density at radius 1 is 1.20 bits per heavy atom. The maximum Gasteiger partial charge on any atom is 0.257 e. The van der Waals surface area contributed by atoms with E-state index in [-0.39, 0.29) is 35.8 Å². The van der Waals surface area contributed by atoms with Crippen molar-refractivity contribution in [1.29, 1.82) is 0 Å². The molecular formula is C23H35N3O4. The highest BCUT2D eigenvalue weighted by Gasteiger charge is 2.28. The van der Waals surface area contributed by atoms with E-state index in [0.717, 1.165) is 25.8 Å². The summed E-state index contributed by atoms with van der Waals surface area (Å²) in [5.41, 5.74) is 1.16. The van der Waals surface area contributed by atoms with Gasteiger partial charge in [-0.2, -0.15) is 0 Å². The molecule has 7 nitrogen and oxygen atoms in total. The fourth-order valence-corrected chi connectivity index (χ4v) is 3.95. The van der Waals surface area contributed by atoms with E-state index in [2.05, 4.69) is 31.1 Å². The number of likely N-dealkylation sites (N-methyl/N-ethyl adjacent to an activating group) is 2. The normalized spacial score (nSPS) is 26.6. The highest BCUT2D eigenvalue weighted by atomic mass is 16.5. The highest BCUT2D eigenvalue weighted by molar-refractivity contribution is 5.99. The largest absolute Gasteiger partial charge is 0.491 e. The number of nitrogens with one attached hydrogen (secondary N) is 1. The summed E-state index contributed by atoms with van der Waals surface area (Å²) in [5.74, 6) is 0.795. The van der Waals surface area contributed by atoms with E-state index in [4.69, 9.17) is 9.47 Å². The van der Waals surface area contributed by atoms with Gasteiger partial charge in [0.05, 0.1) is 11.7 Å². The second-order valence-electron chi connectivity index (χ2n) is 8.86. The number of hydrogen-bond acceptors (Lipinski definition) is 5. The Morgan fingerprint density at radius 3 is 2.57 bits per heavy atom. The predicted octanol–water partition coefficient (Wildman–Crippen LogP) is 2.86. The van der Waals surface area contributed by atoms with Crippen molar-refractivity contribution >= 4 is 17.5 Å². The van der Waals surface area contributed by atoms with Crippen LogP contribution in [0.5, 0.6) is 5.75 Å². The van der Waals surface area contributed by atoms with E-state index in [1.807, 2.05) is 0 Å². The van der Waals surface area contributed by atoms with Crippen LogP contribution < -0.4 is 10.1 Å². The van der Waals surface area contributed by atoms with E-state index >= 15 is 0 Å². The van der Waals surface area contributed by atoms with Gasteiger partial charge in [-0.05, 0) is 44.9 Å². The van der Waals surface area contributed by atoms with Gasteiger partial charge in [0.15, 0.2) is 0 Å². The lowest BCUT2D eigenvalue weighted by atomic mass is 9.85. The van der Waals surface area contributed by atoms with Gasteiger partial charge in [-0.3, -0.25) is 14.5 Å². The quantitative estimate of drug-likeness (QED) is 0.819. The van der Waals surface area contributed by atoms with Crippen LogP contribution in [0.15, 0.2) is 18.2 Å². The monoisotopic (exact) mass is 417 g/mol.